The van der Waals surface area contributed by atoms with Crippen LogP contribution in [0.3, 0.4) is 0 Å². The molecule has 2 heteroatoms. The molecule has 1 aliphatic rings. The Hall–Kier alpha value is -1.57. The van der Waals surface area contributed by atoms with Gasteiger partial charge in [-0.15, -0.1) is 0 Å². The maximum Gasteiger partial charge on any atom is 0.0726 e. The topological polar surface area (TPSA) is 24.9 Å². The van der Waals surface area contributed by atoms with Gasteiger partial charge in [-0.2, -0.15) is 0 Å². The number of hydrogen-bond donors (Lipinski definition) is 1. The number of aromatic nitrogens is 1. The van der Waals surface area contributed by atoms with Crippen LogP contribution in [0.15, 0.2) is 24.3 Å². The summed E-state index contributed by atoms with van der Waals surface area (Å²) in [5, 5.41) is 4.80. The quantitative estimate of drug-likeness (QED) is 0.864. The van der Waals surface area contributed by atoms with Gasteiger partial charge >= 0.3 is 0 Å². The van der Waals surface area contributed by atoms with Gasteiger partial charge in [-0.25, -0.2) is 0 Å². The normalized spacial score (nSPS) is 15.0. The molecule has 1 saturated carbocycles. The van der Waals surface area contributed by atoms with E-state index in [-0.39, 0.29) is 0 Å². The summed E-state index contributed by atoms with van der Waals surface area (Å²) in [6.45, 7) is 5.36. The summed E-state index contributed by atoms with van der Waals surface area (Å²) >= 11 is 0. The Morgan fingerprint density at radius 2 is 2.11 bits per heavy atom. The summed E-state index contributed by atoms with van der Waals surface area (Å²) < 4.78 is 0. The van der Waals surface area contributed by atoms with E-state index in [9.17, 15) is 0 Å². The van der Waals surface area contributed by atoms with E-state index in [1.165, 1.54) is 35.2 Å². The number of fused-ring (bicyclic) bond motifs is 1. The third kappa shape index (κ3) is 2.20. The highest BCUT2D eigenvalue weighted by Crippen LogP contribution is 2.41. The average molecular weight is 240 g/mol. The first-order chi connectivity index (χ1) is 8.78. The third-order valence-corrected chi connectivity index (χ3v) is 3.55. The third-order valence-electron chi connectivity index (χ3n) is 3.55. The number of nitrogens with zero attached hydrogens (tertiary/aromatic N) is 1. The monoisotopic (exact) mass is 240 g/mol. The van der Waals surface area contributed by atoms with Gasteiger partial charge in [0.25, 0.3) is 0 Å². The summed E-state index contributed by atoms with van der Waals surface area (Å²) in [4.78, 5) is 4.81. The van der Waals surface area contributed by atoms with E-state index < -0.39 is 0 Å². The Bertz CT molecular complexity index is 571. The van der Waals surface area contributed by atoms with Gasteiger partial charge in [0.2, 0.25) is 0 Å². The lowest BCUT2D eigenvalue weighted by atomic mass is 10.1. The van der Waals surface area contributed by atoms with Crippen molar-refractivity contribution in [1.82, 2.24) is 4.98 Å². The zero-order valence-corrected chi connectivity index (χ0v) is 11.2. The Morgan fingerprint density at radius 3 is 2.83 bits per heavy atom. The van der Waals surface area contributed by atoms with Crippen LogP contribution in [0.1, 0.15) is 43.4 Å². The van der Waals surface area contributed by atoms with Crippen LogP contribution in [0.25, 0.3) is 10.9 Å². The van der Waals surface area contributed by atoms with Crippen molar-refractivity contribution in [2.75, 3.05) is 11.9 Å². The molecule has 0 radical (unpaired) electrons. The Kier molecular flexibility index (Phi) is 2.94. The van der Waals surface area contributed by atoms with E-state index in [0.29, 0.717) is 5.92 Å². The molecule has 18 heavy (non-hydrogen) atoms. The first kappa shape index (κ1) is 11.5. The predicted octanol–water partition coefficient (Wildman–Crippen LogP) is 4.24. The van der Waals surface area contributed by atoms with Gasteiger partial charge in [0, 0.05) is 29.2 Å². The Balaban J connectivity index is 2.11. The molecule has 1 aromatic carbocycles. The number of anilines is 1. The molecule has 1 N–H and O–H groups in total. The minimum atomic E-state index is 0.706. The molecule has 1 aromatic heterocycles. The van der Waals surface area contributed by atoms with Crippen LogP contribution in [0.5, 0.6) is 0 Å². The van der Waals surface area contributed by atoms with Crippen molar-refractivity contribution < 1.29 is 0 Å². The maximum absolute atomic E-state index is 4.81. The molecule has 2 nitrogen and oxygen atoms in total. The van der Waals surface area contributed by atoms with E-state index in [2.05, 4.69) is 43.4 Å². The number of rotatable bonds is 4. The van der Waals surface area contributed by atoms with E-state index >= 15 is 0 Å². The second-order valence-electron chi connectivity index (χ2n) is 5.32. The molecule has 3 rings (SSSR count). The predicted molar refractivity (Wildman–Crippen MR) is 77.2 cm³/mol. The van der Waals surface area contributed by atoms with Crippen molar-refractivity contribution in [3.05, 3.63) is 35.5 Å². The van der Waals surface area contributed by atoms with Crippen molar-refractivity contribution in [3.63, 3.8) is 0 Å². The summed E-state index contributed by atoms with van der Waals surface area (Å²) in [5.41, 5.74) is 4.95. The lowest BCUT2D eigenvalue weighted by Gasteiger charge is -2.11. The Labute approximate surface area is 108 Å². The minimum absolute atomic E-state index is 0.706. The van der Waals surface area contributed by atoms with E-state index in [1.807, 2.05) is 0 Å². The zero-order valence-electron chi connectivity index (χ0n) is 11.2. The van der Waals surface area contributed by atoms with Crippen molar-refractivity contribution in [2.24, 2.45) is 0 Å². The van der Waals surface area contributed by atoms with Crippen LogP contribution in [0.4, 0.5) is 5.69 Å². The molecule has 1 heterocycles. The average Bonchev–Trinajstić information content (AvgIpc) is 3.20. The van der Waals surface area contributed by atoms with Crippen LogP contribution in [-0.2, 0) is 0 Å². The summed E-state index contributed by atoms with van der Waals surface area (Å²) in [5.74, 6) is 0.706. The summed E-state index contributed by atoms with van der Waals surface area (Å²) in [6.07, 6.45) is 3.75. The van der Waals surface area contributed by atoms with Gasteiger partial charge in [-0.3, -0.25) is 4.98 Å². The van der Waals surface area contributed by atoms with E-state index in [0.717, 1.165) is 18.5 Å². The smallest absolute Gasteiger partial charge is 0.0726 e. The second kappa shape index (κ2) is 4.60. The molecule has 1 fully saturated rings. The molecule has 0 bridgehead atoms. The highest BCUT2D eigenvalue weighted by Gasteiger charge is 2.25. The van der Waals surface area contributed by atoms with Gasteiger partial charge < -0.3 is 5.32 Å². The molecular formula is C16H20N2. The molecule has 0 saturated heterocycles. The lowest BCUT2D eigenvalue weighted by Crippen LogP contribution is -2.02. The van der Waals surface area contributed by atoms with Crippen LogP contribution in [0.2, 0.25) is 0 Å². The zero-order chi connectivity index (χ0) is 12.5. The van der Waals surface area contributed by atoms with Crippen molar-refractivity contribution in [1.29, 1.82) is 0 Å². The molecular weight excluding hydrogens is 220 g/mol. The molecule has 0 unspecified atom stereocenters. The molecule has 0 atom stereocenters. The van der Waals surface area contributed by atoms with Crippen LogP contribution < -0.4 is 5.32 Å². The van der Waals surface area contributed by atoms with Gasteiger partial charge in [0.1, 0.15) is 0 Å². The first-order valence-electron chi connectivity index (χ1n) is 6.93. The van der Waals surface area contributed by atoms with Crippen molar-refractivity contribution in [2.45, 2.75) is 39.0 Å². The fourth-order valence-corrected chi connectivity index (χ4v) is 2.35. The summed E-state index contributed by atoms with van der Waals surface area (Å²) in [6, 6.07) is 8.79. The number of nitrogens with one attached hydrogen (secondary N) is 1. The van der Waals surface area contributed by atoms with Gasteiger partial charge in [-0.05, 0) is 44.4 Å². The van der Waals surface area contributed by atoms with Crippen LogP contribution in [0, 0.1) is 6.92 Å². The Morgan fingerprint density at radius 1 is 1.28 bits per heavy atom. The van der Waals surface area contributed by atoms with Crippen LogP contribution in [-0.4, -0.2) is 11.5 Å². The largest absolute Gasteiger partial charge is 0.384 e. The standard InChI is InChI=1S/C16H20N2/c1-3-8-17-16-10-15(12-5-6-12)18-14-7-4-11(2)9-13(14)16/h4,7,9-10,12H,3,5-6,8H2,1-2H3,(H,17,18). The number of benzene rings is 1. The number of aryl methyl sites for hydroxylation is 1. The lowest BCUT2D eigenvalue weighted by molar-refractivity contribution is 0.976. The highest BCUT2D eigenvalue weighted by molar-refractivity contribution is 5.92. The molecule has 0 amide bonds. The molecule has 0 aliphatic heterocycles. The van der Waals surface area contributed by atoms with Crippen molar-refractivity contribution in [3.8, 4) is 0 Å². The van der Waals surface area contributed by atoms with E-state index in [4.69, 9.17) is 4.98 Å². The minimum Gasteiger partial charge on any atom is -0.384 e. The van der Waals surface area contributed by atoms with Gasteiger partial charge in [0.15, 0.2) is 0 Å². The van der Waals surface area contributed by atoms with Crippen molar-refractivity contribution >= 4 is 16.6 Å². The second-order valence-corrected chi connectivity index (χ2v) is 5.32. The number of pyridine rings is 1. The summed E-state index contributed by atoms with van der Waals surface area (Å²) in [7, 11) is 0. The first-order valence-corrected chi connectivity index (χ1v) is 6.93. The van der Waals surface area contributed by atoms with Crippen LogP contribution >= 0.6 is 0 Å². The SMILES string of the molecule is CCCNc1cc(C2CC2)nc2ccc(C)cc12. The number of hydrogen-bond acceptors (Lipinski definition) is 2. The van der Waals surface area contributed by atoms with E-state index in [1.54, 1.807) is 0 Å². The highest BCUT2D eigenvalue weighted by atomic mass is 14.9. The molecule has 94 valence electrons. The van der Waals surface area contributed by atoms with Gasteiger partial charge in [0.05, 0.1) is 5.52 Å². The van der Waals surface area contributed by atoms with Gasteiger partial charge in [-0.1, -0.05) is 18.6 Å². The molecule has 0 spiro atoms. The molecule has 1 aliphatic carbocycles. The maximum atomic E-state index is 4.81. The fraction of sp³-hybridized carbons (Fsp3) is 0.438. The molecule has 2 aromatic rings. The fourth-order valence-electron chi connectivity index (χ4n) is 2.35.